The first kappa shape index (κ1) is 13.9. The van der Waals surface area contributed by atoms with Gasteiger partial charge in [0.25, 0.3) is 0 Å². The van der Waals surface area contributed by atoms with Crippen LogP contribution in [-0.2, 0) is 11.8 Å². The fourth-order valence-electron chi connectivity index (χ4n) is 2.88. The zero-order valence-electron chi connectivity index (χ0n) is 12.4. The normalized spacial score (nSPS) is 18.4. The second-order valence-corrected chi connectivity index (χ2v) is 5.43. The lowest BCUT2D eigenvalue weighted by atomic mass is 10.2. The van der Waals surface area contributed by atoms with Crippen LogP contribution in [0.3, 0.4) is 0 Å². The van der Waals surface area contributed by atoms with Crippen molar-refractivity contribution in [3.63, 3.8) is 0 Å². The number of amides is 2. The Morgan fingerprint density at radius 1 is 1.52 bits per heavy atom. The van der Waals surface area contributed by atoms with Gasteiger partial charge in [0.1, 0.15) is 0 Å². The van der Waals surface area contributed by atoms with Crippen molar-refractivity contribution >= 4 is 22.8 Å². The summed E-state index contributed by atoms with van der Waals surface area (Å²) in [5, 5.41) is 2.96. The van der Waals surface area contributed by atoms with E-state index in [0.29, 0.717) is 6.61 Å². The van der Waals surface area contributed by atoms with Gasteiger partial charge in [0.15, 0.2) is 0 Å². The number of anilines is 1. The van der Waals surface area contributed by atoms with E-state index in [-0.39, 0.29) is 12.1 Å². The number of hydrogen-bond acceptors (Lipinski definition) is 3. The molecule has 1 aliphatic rings. The number of methoxy groups -OCH3 is 1. The standard InChI is InChI=1S/C15H20N4O2/c1-18-10-16-13-8-11(5-6-14(13)18)17-15(20)19-7-3-4-12(19)9-21-2/h5-6,8,10,12H,3-4,7,9H2,1-2H3,(H,17,20)/t12-/m0/s1. The molecule has 0 spiro atoms. The Balaban J connectivity index is 1.73. The molecule has 0 unspecified atom stereocenters. The number of imidazole rings is 1. The first-order valence-electron chi connectivity index (χ1n) is 7.16. The van der Waals surface area contributed by atoms with E-state index in [4.69, 9.17) is 4.74 Å². The van der Waals surface area contributed by atoms with Crippen molar-refractivity contribution in [2.75, 3.05) is 25.6 Å². The Hall–Kier alpha value is -2.08. The Labute approximate surface area is 123 Å². The van der Waals surface area contributed by atoms with Crippen LogP contribution in [-0.4, -0.2) is 46.8 Å². The van der Waals surface area contributed by atoms with Crippen LogP contribution in [0, 0.1) is 0 Å². The molecule has 0 radical (unpaired) electrons. The number of aryl methyl sites for hydroxylation is 1. The molecule has 3 rings (SSSR count). The van der Waals surface area contributed by atoms with Crippen molar-refractivity contribution in [3.8, 4) is 0 Å². The van der Waals surface area contributed by atoms with Crippen LogP contribution in [0.4, 0.5) is 10.5 Å². The molecular weight excluding hydrogens is 268 g/mol. The molecule has 2 amide bonds. The number of likely N-dealkylation sites (tertiary alicyclic amines) is 1. The molecule has 0 bridgehead atoms. The van der Waals surface area contributed by atoms with Crippen molar-refractivity contribution in [1.29, 1.82) is 0 Å². The number of urea groups is 1. The van der Waals surface area contributed by atoms with Crippen LogP contribution in [0.5, 0.6) is 0 Å². The van der Waals surface area contributed by atoms with E-state index in [1.54, 1.807) is 13.4 Å². The van der Waals surface area contributed by atoms with Gasteiger partial charge in [-0.15, -0.1) is 0 Å². The highest BCUT2D eigenvalue weighted by Crippen LogP contribution is 2.21. The van der Waals surface area contributed by atoms with Gasteiger partial charge in [-0.3, -0.25) is 0 Å². The second kappa shape index (κ2) is 5.73. The molecule has 1 aromatic heterocycles. The predicted octanol–water partition coefficient (Wildman–Crippen LogP) is 2.22. The molecule has 2 heterocycles. The predicted molar refractivity (Wildman–Crippen MR) is 81.3 cm³/mol. The van der Waals surface area contributed by atoms with E-state index >= 15 is 0 Å². The van der Waals surface area contributed by atoms with E-state index in [9.17, 15) is 4.79 Å². The molecule has 1 fully saturated rings. The number of carbonyl (C=O) groups excluding carboxylic acids is 1. The highest BCUT2D eigenvalue weighted by Gasteiger charge is 2.28. The van der Waals surface area contributed by atoms with E-state index in [0.717, 1.165) is 36.1 Å². The third kappa shape index (κ3) is 2.71. The van der Waals surface area contributed by atoms with Crippen LogP contribution in [0.25, 0.3) is 11.0 Å². The van der Waals surface area contributed by atoms with E-state index in [1.165, 1.54) is 0 Å². The van der Waals surface area contributed by atoms with E-state index in [1.807, 2.05) is 34.7 Å². The van der Waals surface area contributed by atoms with Gasteiger partial charge in [0.2, 0.25) is 0 Å². The van der Waals surface area contributed by atoms with Crippen molar-refractivity contribution in [3.05, 3.63) is 24.5 Å². The number of rotatable bonds is 3. The maximum atomic E-state index is 12.4. The molecule has 2 aromatic rings. The Kier molecular flexibility index (Phi) is 3.79. The number of nitrogens with zero attached hydrogens (tertiary/aromatic N) is 3. The minimum Gasteiger partial charge on any atom is -0.383 e. The van der Waals surface area contributed by atoms with Gasteiger partial charge in [-0.25, -0.2) is 9.78 Å². The molecule has 1 aliphatic heterocycles. The SMILES string of the molecule is COC[C@@H]1CCCN1C(=O)Nc1ccc2c(c1)ncn2C. The average Bonchev–Trinajstić information content (AvgIpc) is 3.07. The van der Waals surface area contributed by atoms with Gasteiger partial charge in [0, 0.05) is 26.4 Å². The van der Waals surface area contributed by atoms with Crippen LogP contribution in [0.1, 0.15) is 12.8 Å². The first-order valence-corrected chi connectivity index (χ1v) is 7.16. The summed E-state index contributed by atoms with van der Waals surface area (Å²) < 4.78 is 7.14. The topological polar surface area (TPSA) is 59.4 Å². The maximum absolute atomic E-state index is 12.4. The molecular formula is C15H20N4O2. The van der Waals surface area contributed by atoms with Gasteiger partial charge < -0.3 is 19.5 Å². The number of aromatic nitrogens is 2. The van der Waals surface area contributed by atoms with Crippen LogP contribution in [0.2, 0.25) is 0 Å². The Morgan fingerprint density at radius 2 is 2.38 bits per heavy atom. The van der Waals surface area contributed by atoms with E-state index in [2.05, 4.69) is 10.3 Å². The summed E-state index contributed by atoms with van der Waals surface area (Å²) in [6.45, 7) is 1.37. The van der Waals surface area contributed by atoms with Gasteiger partial charge >= 0.3 is 6.03 Å². The third-order valence-electron chi connectivity index (χ3n) is 3.97. The number of hydrogen-bond donors (Lipinski definition) is 1. The average molecular weight is 288 g/mol. The van der Waals surface area contributed by atoms with Gasteiger partial charge in [-0.1, -0.05) is 0 Å². The molecule has 112 valence electrons. The molecule has 1 saturated heterocycles. The summed E-state index contributed by atoms with van der Waals surface area (Å²) >= 11 is 0. The molecule has 21 heavy (non-hydrogen) atoms. The summed E-state index contributed by atoms with van der Waals surface area (Å²) in [4.78, 5) is 18.5. The fourth-order valence-corrected chi connectivity index (χ4v) is 2.88. The lowest BCUT2D eigenvalue weighted by molar-refractivity contribution is 0.128. The largest absolute Gasteiger partial charge is 0.383 e. The third-order valence-corrected chi connectivity index (χ3v) is 3.97. The Bertz CT molecular complexity index is 652. The highest BCUT2D eigenvalue weighted by molar-refractivity contribution is 5.92. The van der Waals surface area contributed by atoms with Crippen LogP contribution < -0.4 is 5.32 Å². The van der Waals surface area contributed by atoms with Gasteiger partial charge in [-0.2, -0.15) is 0 Å². The quantitative estimate of drug-likeness (QED) is 0.942. The molecule has 6 nitrogen and oxygen atoms in total. The number of benzene rings is 1. The van der Waals surface area contributed by atoms with Gasteiger partial charge in [0.05, 0.1) is 30.0 Å². The zero-order chi connectivity index (χ0) is 14.8. The first-order chi connectivity index (χ1) is 10.2. The number of nitrogens with one attached hydrogen (secondary N) is 1. The maximum Gasteiger partial charge on any atom is 0.322 e. The van der Waals surface area contributed by atoms with Crippen molar-refractivity contribution < 1.29 is 9.53 Å². The van der Waals surface area contributed by atoms with E-state index < -0.39 is 0 Å². The second-order valence-electron chi connectivity index (χ2n) is 5.43. The molecule has 0 aliphatic carbocycles. The molecule has 1 N–H and O–H groups in total. The monoisotopic (exact) mass is 288 g/mol. The van der Waals surface area contributed by atoms with Crippen molar-refractivity contribution in [2.24, 2.45) is 7.05 Å². The minimum atomic E-state index is -0.0650. The summed E-state index contributed by atoms with van der Waals surface area (Å²) in [6, 6.07) is 5.88. The molecule has 0 saturated carbocycles. The summed E-state index contributed by atoms with van der Waals surface area (Å²) in [6.07, 6.45) is 3.80. The van der Waals surface area contributed by atoms with Crippen molar-refractivity contribution in [2.45, 2.75) is 18.9 Å². The summed E-state index contributed by atoms with van der Waals surface area (Å²) in [7, 11) is 3.62. The fraction of sp³-hybridized carbons (Fsp3) is 0.467. The minimum absolute atomic E-state index is 0.0650. The summed E-state index contributed by atoms with van der Waals surface area (Å²) in [5.41, 5.74) is 2.70. The number of carbonyl (C=O) groups is 1. The highest BCUT2D eigenvalue weighted by atomic mass is 16.5. The zero-order valence-corrected chi connectivity index (χ0v) is 12.4. The summed E-state index contributed by atoms with van der Waals surface area (Å²) in [5.74, 6) is 0. The molecule has 1 aromatic carbocycles. The Morgan fingerprint density at radius 3 is 3.19 bits per heavy atom. The lowest BCUT2D eigenvalue weighted by Crippen LogP contribution is -2.40. The number of ether oxygens (including phenoxy) is 1. The number of fused-ring (bicyclic) bond motifs is 1. The smallest absolute Gasteiger partial charge is 0.322 e. The van der Waals surface area contributed by atoms with Crippen LogP contribution in [0.15, 0.2) is 24.5 Å². The van der Waals surface area contributed by atoms with Gasteiger partial charge in [-0.05, 0) is 31.0 Å². The van der Waals surface area contributed by atoms with Crippen LogP contribution >= 0.6 is 0 Å². The molecule has 6 heteroatoms. The lowest BCUT2D eigenvalue weighted by Gasteiger charge is -2.24. The van der Waals surface area contributed by atoms with Crippen molar-refractivity contribution in [1.82, 2.24) is 14.5 Å². The molecule has 1 atom stereocenters.